The summed E-state index contributed by atoms with van der Waals surface area (Å²) in [5, 5.41) is 7.47. The van der Waals surface area contributed by atoms with Gasteiger partial charge < -0.3 is 20.1 Å². The number of rotatable bonds is 6. The number of benzene rings is 2. The molecular formula is C26H27N3O4. The zero-order valence-electron chi connectivity index (χ0n) is 18.6. The van der Waals surface area contributed by atoms with Gasteiger partial charge in [0.2, 0.25) is 0 Å². The van der Waals surface area contributed by atoms with Crippen LogP contribution < -0.4 is 15.4 Å². The number of amides is 2. The molecule has 2 atom stereocenters. The maximum absolute atomic E-state index is 13.2. The third-order valence-corrected chi connectivity index (χ3v) is 6.62. The first-order valence-electron chi connectivity index (χ1n) is 11.4. The van der Waals surface area contributed by atoms with Gasteiger partial charge in [0.15, 0.2) is 5.69 Å². The summed E-state index contributed by atoms with van der Waals surface area (Å²) in [6.45, 7) is 0.454. The SMILES string of the molecule is COc1ccc(C(=O)Nc2cccnc2C(=O)NCC23CCCCC(C2)O3)c2ccccc12. The predicted molar refractivity (Wildman–Crippen MR) is 126 cm³/mol. The average molecular weight is 446 g/mol. The number of methoxy groups -OCH3 is 1. The summed E-state index contributed by atoms with van der Waals surface area (Å²) in [4.78, 5) is 30.4. The molecule has 2 unspecified atom stereocenters. The number of nitrogens with zero attached hydrogens (tertiary/aromatic N) is 1. The normalized spacial score (nSPS) is 21.5. The summed E-state index contributed by atoms with van der Waals surface area (Å²) in [5.41, 5.74) is 0.792. The number of aromatic nitrogens is 1. The first-order valence-corrected chi connectivity index (χ1v) is 11.4. The lowest BCUT2D eigenvalue weighted by Crippen LogP contribution is -2.55. The second kappa shape index (κ2) is 8.83. The van der Waals surface area contributed by atoms with Crippen molar-refractivity contribution in [1.29, 1.82) is 0 Å². The van der Waals surface area contributed by atoms with E-state index in [4.69, 9.17) is 9.47 Å². The Balaban J connectivity index is 1.34. The van der Waals surface area contributed by atoms with E-state index in [0.717, 1.165) is 36.5 Å². The summed E-state index contributed by atoms with van der Waals surface area (Å²) in [6.07, 6.45) is 7.22. The molecule has 2 amide bonds. The molecule has 7 nitrogen and oxygen atoms in total. The Morgan fingerprint density at radius 3 is 2.73 bits per heavy atom. The van der Waals surface area contributed by atoms with Gasteiger partial charge in [0.25, 0.3) is 11.8 Å². The zero-order chi connectivity index (χ0) is 22.8. The monoisotopic (exact) mass is 445 g/mol. The smallest absolute Gasteiger partial charge is 0.272 e. The van der Waals surface area contributed by atoms with Gasteiger partial charge in [-0.15, -0.1) is 0 Å². The molecular weight excluding hydrogens is 418 g/mol. The van der Waals surface area contributed by atoms with Crippen molar-refractivity contribution in [2.45, 2.75) is 43.8 Å². The minimum Gasteiger partial charge on any atom is -0.496 e. The number of carbonyl (C=O) groups excluding carboxylic acids is 2. The minimum absolute atomic E-state index is 0.185. The number of carbonyl (C=O) groups is 2. The standard InChI is InChI=1S/C26H27N3O4/c1-32-22-12-11-20(18-8-2-3-9-19(18)22)24(30)29-21-10-6-14-27-23(21)25(31)28-16-26-13-5-4-7-17(15-26)33-26/h2-3,6,8-12,14,17H,4-5,7,13,15-16H2,1H3,(H,28,31)(H,29,30). The van der Waals surface area contributed by atoms with Gasteiger partial charge in [0.05, 0.1) is 24.5 Å². The Morgan fingerprint density at radius 2 is 1.91 bits per heavy atom. The van der Waals surface area contributed by atoms with E-state index in [0.29, 0.717) is 29.6 Å². The van der Waals surface area contributed by atoms with Crippen LogP contribution in [0.15, 0.2) is 54.7 Å². The fourth-order valence-corrected chi connectivity index (χ4v) is 4.95. The quantitative estimate of drug-likeness (QED) is 0.590. The molecule has 7 heteroatoms. The highest BCUT2D eigenvalue weighted by Gasteiger charge is 2.46. The van der Waals surface area contributed by atoms with Crippen molar-refractivity contribution in [2.24, 2.45) is 0 Å². The summed E-state index contributed by atoms with van der Waals surface area (Å²) in [5.74, 6) is 0.0570. The van der Waals surface area contributed by atoms with Crippen LogP contribution >= 0.6 is 0 Å². The summed E-state index contributed by atoms with van der Waals surface area (Å²) < 4.78 is 11.5. The number of fused-ring (bicyclic) bond motifs is 4. The highest BCUT2D eigenvalue weighted by Crippen LogP contribution is 2.42. The predicted octanol–water partition coefficient (Wildman–Crippen LogP) is 4.33. The largest absolute Gasteiger partial charge is 0.496 e. The van der Waals surface area contributed by atoms with Gasteiger partial charge in [-0.05, 0) is 42.5 Å². The molecule has 2 N–H and O–H groups in total. The number of pyridine rings is 1. The maximum atomic E-state index is 13.2. The molecule has 170 valence electrons. The minimum atomic E-state index is -0.323. The molecule has 2 saturated heterocycles. The van der Waals surface area contributed by atoms with Crippen molar-refractivity contribution in [3.05, 3.63) is 66.0 Å². The lowest BCUT2D eigenvalue weighted by molar-refractivity contribution is -0.197. The molecule has 0 spiro atoms. The van der Waals surface area contributed by atoms with Crippen LogP contribution in [0.3, 0.4) is 0 Å². The molecule has 33 heavy (non-hydrogen) atoms. The van der Waals surface area contributed by atoms with Gasteiger partial charge in [0, 0.05) is 30.1 Å². The Hall–Kier alpha value is -3.45. The topological polar surface area (TPSA) is 89.5 Å². The van der Waals surface area contributed by atoms with Crippen LogP contribution in [0, 0.1) is 0 Å². The molecule has 0 radical (unpaired) electrons. The van der Waals surface area contributed by atoms with Gasteiger partial charge in [-0.1, -0.05) is 37.1 Å². The van der Waals surface area contributed by atoms with Crippen LogP contribution in [-0.2, 0) is 4.74 Å². The number of hydrogen-bond donors (Lipinski definition) is 2. The van der Waals surface area contributed by atoms with Crippen LogP contribution in [0.5, 0.6) is 5.75 Å². The lowest BCUT2D eigenvalue weighted by Gasteiger charge is -2.46. The number of anilines is 1. The van der Waals surface area contributed by atoms with Crippen molar-refractivity contribution in [2.75, 3.05) is 19.0 Å². The van der Waals surface area contributed by atoms with E-state index < -0.39 is 0 Å². The summed E-state index contributed by atoms with van der Waals surface area (Å²) in [7, 11) is 1.60. The van der Waals surface area contributed by atoms with E-state index in [2.05, 4.69) is 15.6 Å². The second-order valence-electron chi connectivity index (χ2n) is 8.77. The van der Waals surface area contributed by atoms with E-state index in [-0.39, 0.29) is 23.1 Å². The van der Waals surface area contributed by atoms with Crippen LogP contribution in [0.1, 0.15) is 53.0 Å². The molecule has 3 aliphatic rings. The lowest BCUT2D eigenvalue weighted by atomic mass is 9.87. The average Bonchev–Trinajstić information content (AvgIpc) is 3.16. The zero-order valence-corrected chi connectivity index (χ0v) is 18.6. The Bertz CT molecular complexity index is 1200. The van der Waals surface area contributed by atoms with Crippen LogP contribution in [0.25, 0.3) is 10.8 Å². The fraction of sp³-hybridized carbons (Fsp3) is 0.346. The highest BCUT2D eigenvalue weighted by molar-refractivity contribution is 6.15. The van der Waals surface area contributed by atoms with Crippen LogP contribution in [0.4, 0.5) is 5.69 Å². The molecule has 2 aromatic carbocycles. The van der Waals surface area contributed by atoms with Crippen LogP contribution in [0.2, 0.25) is 0 Å². The second-order valence-corrected chi connectivity index (χ2v) is 8.77. The molecule has 3 aromatic rings. The van der Waals surface area contributed by atoms with E-state index in [1.165, 1.54) is 6.42 Å². The van der Waals surface area contributed by atoms with Crippen molar-refractivity contribution >= 4 is 28.3 Å². The maximum Gasteiger partial charge on any atom is 0.272 e. The van der Waals surface area contributed by atoms with Crippen molar-refractivity contribution in [3.8, 4) is 5.75 Å². The van der Waals surface area contributed by atoms with Crippen molar-refractivity contribution in [3.63, 3.8) is 0 Å². The Morgan fingerprint density at radius 1 is 1.09 bits per heavy atom. The van der Waals surface area contributed by atoms with E-state index in [1.54, 1.807) is 37.6 Å². The first-order chi connectivity index (χ1) is 16.1. The Kier molecular flexibility index (Phi) is 5.72. The molecule has 3 heterocycles. The van der Waals surface area contributed by atoms with E-state index in [1.807, 2.05) is 24.3 Å². The van der Waals surface area contributed by atoms with E-state index in [9.17, 15) is 9.59 Å². The van der Waals surface area contributed by atoms with Gasteiger partial charge in [0.1, 0.15) is 5.75 Å². The first kappa shape index (κ1) is 21.4. The molecule has 1 aromatic heterocycles. The van der Waals surface area contributed by atoms with E-state index >= 15 is 0 Å². The molecule has 3 fully saturated rings. The van der Waals surface area contributed by atoms with Crippen molar-refractivity contribution in [1.82, 2.24) is 10.3 Å². The molecule has 2 aliphatic heterocycles. The summed E-state index contributed by atoms with van der Waals surface area (Å²) in [6, 6.07) is 14.4. The summed E-state index contributed by atoms with van der Waals surface area (Å²) >= 11 is 0. The third-order valence-electron chi connectivity index (χ3n) is 6.62. The Labute approximate surface area is 192 Å². The molecule has 1 saturated carbocycles. The van der Waals surface area contributed by atoms with Gasteiger partial charge in [-0.25, -0.2) is 4.98 Å². The fourth-order valence-electron chi connectivity index (χ4n) is 4.95. The molecule has 6 rings (SSSR count). The van der Waals surface area contributed by atoms with Gasteiger partial charge in [-0.3, -0.25) is 9.59 Å². The number of hydrogen-bond acceptors (Lipinski definition) is 5. The molecule has 1 aliphatic carbocycles. The van der Waals surface area contributed by atoms with Gasteiger partial charge >= 0.3 is 0 Å². The highest BCUT2D eigenvalue weighted by atomic mass is 16.5. The van der Waals surface area contributed by atoms with Crippen LogP contribution in [-0.4, -0.2) is 42.2 Å². The number of ether oxygens (including phenoxy) is 2. The van der Waals surface area contributed by atoms with Gasteiger partial charge in [-0.2, -0.15) is 0 Å². The molecule has 2 bridgehead atoms. The number of nitrogens with one attached hydrogen (secondary N) is 2. The third kappa shape index (κ3) is 4.16. The van der Waals surface area contributed by atoms with Crippen molar-refractivity contribution < 1.29 is 19.1 Å².